The molecule has 3 amide bonds. The maximum absolute atomic E-state index is 13.8. The van der Waals surface area contributed by atoms with Crippen molar-refractivity contribution < 1.29 is 32.3 Å². The third kappa shape index (κ3) is 4.66. The Bertz CT molecular complexity index is 1060. The summed E-state index contributed by atoms with van der Waals surface area (Å²) in [7, 11) is 1.29. The van der Waals surface area contributed by atoms with Gasteiger partial charge in [0.05, 0.1) is 25.0 Å². The number of rotatable bonds is 4. The molecule has 3 N–H and O–H groups in total. The summed E-state index contributed by atoms with van der Waals surface area (Å²) in [6.45, 7) is 2.03. The molecule has 1 aliphatic rings. The molecule has 3 rings (SSSR count). The van der Waals surface area contributed by atoms with Gasteiger partial charge in [-0.3, -0.25) is 14.4 Å². The highest BCUT2D eigenvalue weighted by atomic mass is 19.2. The number of benzene rings is 1. The first-order chi connectivity index (χ1) is 15.1. The first-order valence-electron chi connectivity index (χ1n) is 9.72. The largest absolute Gasteiger partial charge is 0.480 e. The summed E-state index contributed by atoms with van der Waals surface area (Å²) in [4.78, 5) is 42.2. The lowest BCUT2D eigenvalue weighted by atomic mass is 9.89. The van der Waals surface area contributed by atoms with E-state index in [1.165, 1.54) is 24.3 Å². The lowest BCUT2D eigenvalue weighted by Crippen LogP contribution is -2.46. The lowest BCUT2D eigenvalue weighted by Gasteiger charge is -2.38. The molecule has 1 aromatic carbocycles. The number of hydrogen-bond acceptors (Lipinski definition) is 5. The van der Waals surface area contributed by atoms with Crippen molar-refractivity contribution in [3.8, 4) is 5.88 Å². The van der Waals surface area contributed by atoms with Crippen molar-refractivity contribution in [3.05, 3.63) is 53.0 Å². The van der Waals surface area contributed by atoms with Gasteiger partial charge in [0.1, 0.15) is 5.56 Å². The van der Waals surface area contributed by atoms with Gasteiger partial charge in [-0.1, -0.05) is 6.92 Å². The van der Waals surface area contributed by atoms with Crippen LogP contribution in [0.5, 0.6) is 5.88 Å². The van der Waals surface area contributed by atoms with E-state index in [0.717, 1.165) is 12.1 Å². The van der Waals surface area contributed by atoms with Crippen molar-refractivity contribution >= 4 is 23.4 Å². The van der Waals surface area contributed by atoms with Crippen LogP contribution in [-0.4, -0.2) is 41.3 Å². The van der Waals surface area contributed by atoms with E-state index in [-0.39, 0.29) is 35.2 Å². The molecule has 0 unspecified atom stereocenters. The average molecular weight is 450 g/mol. The predicted octanol–water partition coefficient (Wildman–Crippen LogP) is 2.54. The fourth-order valence-corrected chi connectivity index (χ4v) is 3.67. The number of methoxy groups -OCH3 is 1. The zero-order chi connectivity index (χ0) is 23.6. The molecule has 0 bridgehead atoms. The van der Waals surface area contributed by atoms with Crippen LogP contribution >= 0.6 is 0 Å². The molecular weight excluding hydrogens is 429 g/mol. The Morgan fingerprint density at radius 2 is 1.81 bits per heavy atom. The number of carbonyl (C=O) groups excluding carboxylic acids is 3. The Hall–Kier alpha value is -3.63. The molecule has 32 heavy (non-hydrogen) atoms. The van der Waals surface area contributed by atoms with Gasteiger partial charge >= 0.3 is 11.8 Å². The van der Waals surface area contributed by atoms with Crippen LogP contribution in [0, 0.1) is 23.4 Å². The Labute approximate surface area is 181 Å². The minimum absolute atomic E-state index is 0.0263. The summed E-state index contributed by atoms with van der Waals surface area (Å²) in [5.74, 6) is -7.22. The summed E-state index contributed by atoms with van der Waals surface area (Å²) < 4.78 is 45.8. The predicted molar refractivity (Wildman–Crippen MR) is 107 cm³/mol. The van der Waals surface area contributed by atoms with Crippen LogP contribution in [0.1, 0.15) is 41.7 Å². The summed E-state index contributed by atoms with van der Waals surface area (Å²) in [6.07, 6.45) is 2.15. The molecule has 2 heterocycles. The zero-order valence-electron chi connectivity index (χ0n) is 17.3. The van der Waals surface area contributed by atoms with Crippen LogP contribution in [0.4, 0.5) is 18.9 Å². The van der Waals surface area contributed by atoms with Crippen LogP contribution in [0.25, 0.3) is 0 Å². The number of piperidine rings is 1. The van der Waals surface area contributed by atoms with Crippen LogP contribution in [0.3, 0.4) is 0 Å². The fraction of sp³-hybridized carbons (Fsp3) is 0.333. The van der Waals surface area contributed by atoms with Crippen molar-refractivity contribution in [2.45, 2.75) is 25.8 Å². The molecule has 2 atom stereocenters. The SMILES string of the molecule is COc1ncc(NC(=O)C(=O)N2C[C@@H](C)CC[C@@H]2c2cc(F)c(F)c(F)c2)cc1C(N)=O. The number of nitrogens with zero attached hydrogens (tertiary/aromatic N) is 2. The van der Waals surface area contributed by atoms with Gasteiger partial charge in [-0.25, -0.2) is 18.2 Å². The second kappa shape index (κ2) is 9.25. The van der Waals surface area contributed by atoms with E-state index in [0.29, 0.717) is 12.8 Å². The van der Waals surface area contributed by atoms with Gasteiger partial charge in [-0.2, -0.15) is 0 Å². The number of hydrogen-bond donors (Lipinski definition) is 2. The maximum atomic E-state index is 13.8. The fourth-order valence-electron chi connectivity index (χ4n) is 3.67. The molecule has 0 aliphatic carbocycles. The van der Waals surface area contributed by atoms with E-state index in [1.807, 2.05) is 6.92 Å². The monoisotopic (exact) mass is 450 g/mol. The number of ether oxygens (including phenoxy) is 1. The number of nitrogens with two attached hydrogens (primary N) is 1. The molecule has 170 valence electrons. The third-order valence-corrected chi connectivity index (χ3v) is 5.23. The van der Waals surface area contributed by atoms with Gasteiger partial charge in [0.25, 0.3) is 5.91 Å². The molecule has 0 radical (unpaired) electrons. The summed E-state index contributed by atoms with van der Waals surface area (Å²) >= 11 is 0. The summed E-state index contributed by atoms with van der Waals surface area (Å²) in [6, 6.07) is 2.04. The molecule has 0 saturated carbocycles. The number of primary amides is 1. The van der Waals surface area contributed by atoms with Gasteiger partial charge < -0.3 is 20.7 Å². The Balaban J connectivity index is 1.86. The van der Waals surface area contributed by atoms with Crippen molar-refractivity contribution in [3.63, 3.8) is 0 Å². The molecule has 11 heteroatoms. The average Bonchev–Trinajstić information content (AvgIpc) is 2.76. The number of amides is 3. The highest BCUT2D eigenvalue weighted by molar-refractivity contribution is 6.39. The van der Waals surface area contributed by atoms with Crippen LogP contribution in [0.2, 0.25) is 0 Å². The van der Waals surface area contributed by atoms with Crippen molar-refractivity contribution in [2.24, 2.45) is 11.7 Å². The Morgan fingerprint density at radius 1 is 1.16 bits per heavy atom. The van der Waals surface area contributed by atoms with Crippen molar-refractivity contribution in [1.29, 1.82) is 0 Å². The number of pyridine rings is 1. The minimum atomic E-state index is -1.61. The quantitative estimate of drug-likeness (QED) is 0.549. The highest BCUT2D eigenvalue weighted by Crippen LogP contribution is 2.34. The molecule has 0 spiro atoms. The molecule has 1 saturated heterocycles. The number of aromatic nitrogens is 1. The second-order valence-corrected chi connectivity index (χ2v) is 7.55. The van der Waals surface area contributed by atoms with Crippen molar-refractivity contribution in [2.75, 3.05) is 19.0 Å². The standard InChI is InChI=1S/C21H21F3N4O4/c1-10-3-4-16(11-5-14(22)17(24)15(23)6-11)28(9-10)21(31)19(30)27-12-7-13(18(25)29)20(32-2)26-8-12/h5-8,10,16H,3-4,9H2,1-2H3,(H2,25,29)(H,27,30)/t10-,16+/m0/s1. The van der Waals surface area contributed by atoms with Crippen LogP contribution < -0.4 is 15.8 Å². The van der Waals surface area contributed by atoms with Crippen LogP contribution in [0.15, 0.2) is 24.4 Å². The molecule has 2 aromatic rings. The van der Waals surface area contributed by atoms with E-state index in [1.54, 1.807) is 0 Å². The summed E-state index contributed by atoms with van der Waals surface area (Å²) in [5.41, 5.74) is 5.25. The third-order valence-electron chi connectivity index (χ3n) is 5.23. The van der Waals surface area contributed by atoms with Crippen LogP contribution in [-0.2, 0) is 9.59 Å². The van der Waals surface area contributed by atoms with Gasteiger partial charge in [0, 0.05) is 6.54 Å². The number of halogens is 3. The Morgan fingerprint density at radius 3 is 2.41 bits per heavy atom. The van der Waals surface area contributed by atoms with E-state index in [2.05, 4.69) is 10.3 Å². The van der Waals surface area contributed by atoms with E-state index >= 15 is 0 Å². The topological polar surface area (TPSA) is 115 Å². The first-order valence-corrected chi connectivity index (χ1v) is 9.72. The maximum Gasteiger partial charge on any atom is 0.313 e. The van der Waals surface area contributed by atoms with E-state index in [4.69, 9.17) is 10.5 Å². The van der Waals surface area contributed by atoms with E-state index < -0.39 is 41.2 Å². The minimum Gasteiger partial charge on any atom is -0.480 e. The van der Waals surface area contributed by atoms with Gasteiger partial charge in [-0.15, -0.1) is 0 Å². The molecule has 1 fully saturated rings. The molecule has 1 aliphatic heterocycles. The zero-order valence-corrected chi connectivity index (χ0v) is 17.3. The normalized spacial score (nSPS) is 18.2. The van der Waals surface area contributed by atoms with Gasteiger partial charge in [0.15, 0.2) is 17.5 Å². The number of nitrogens with one attached hydrogen (secondary N) is 1. The number of anilines is 1. The number of likely N-dealkylation sites (tertiary alicyclic amines) is 1. The second-order valence-electron chi connectivity index (χ2n) is 7.55. The van der Waals surface area contributed by atoms with Gasteiger partial charge in [-0.05, 0) is 42.5 Å². The smallest absolute Gasteiger partial charge is 0.313 e. The first kappa shape index (κ1) is 23.0. The molecule has 1 aromatic heterocycles. The number of carbonyl (C=O) groups is 3. The summed E-state index contributed by atoms with van der Waals surface area (Å²) in [5, 5.41) is 2.34. The molecule has 8 nitrogen and oxygen atoms in total. The van der Waals surface area contributed by atoms with E-state index in [9.17, 15) is 27.6 Å². The van der Waals surface area contributed by atoms with Crippen molar-refractivity contribution in [1.82, 2.24) is 9.88 Å². The Kier molecular flexibility index (Phi) is 6.66. The van der Waals surface area contributed by atoms with Gasteiger partial charge in [0.2, 0.25) is 5.88 Å². The molecular formula is C21H21F3N4O4. The highest BCUT2D eigenvalue weighted by Gasteiger charge is 2.35. The lowest BCUT2D eigenvalue weighted by molar-refractivity contribution is -0.146.